The SMILES string of the molecule is CCC1(CC)CN(C2CCN(C)CC2C)C(C(C)C)CN1. The molecular weight excluding hydrogens is 258 g/mol. The lowest BCUT2D eigenvalue weighted by atomic mass is 9.82. The van der Waals surface area contributed by atoms with E-state index in [4.69, 9.17) is 0 Å². The summed E-state index contributed by atoms with van der Waals surface area (Å²) in [5, 5.41) is 3.90. The van der Waals surface area contributed by atoms with Gasteiger partial charge in [-0.15, -0.1) is 0 Å². The normalized spacial score (nSPS) is 35.3. The predicted octanol–water partition coefficient (Wildman–Crippen LogP) is 2.82. The summed E-state index contributed by atoms with van der Waals surface area (Å²) in [5.74, 6) is 1.52. The molecule has 0 spiro atoms. The van der Waals surface area contributed by atoms with Gasteiger partial charge in [-0.2, -0.15) is 0 Å². The van der Waals surface area contributed by atoms with E-state index in [2.05, 4.69) is 56.8 Å². The van der Waals surface area contributed by atoms with Crippen LogP contribution in [0.5, 0.6) is 0 Å². The molecular formula is C18H37N3. The number of rotatable bonds is 4. The maximum atomic E-state index is 3.90. The van der Waals surface area contributed by atoms with E-state index < -0.39 is 0 Å². The molecule has 0 aromatic rings. The molecule has 1 N–H and O–H groups in total. The number of hydrogen-bond acceptors (Lipinski definition) is 3. The summed E-state index contributed by atoms with van der Waals surface area (Å²) >= 11 is 0. The number of nitrogens with one attached hydrogen (secondary N) is 1. The van der Waals surface area contributed by atoms with Crippen molar-refractivity contribution >= 4 is 0 Å². The van der Waals surface area contributed by atoms with E-state index in [-0.39, 0.29) is 0 Å². The van der Waals surface area contributed by atoms with E-state index >= 15 is 0 Å². The number of likely N-dealkylation sites (tertiary alicyclic amines) is 1. The quantitative estimate of drug-likeness (QED) is 0.860. The first-order valence-corrected chi connectivity index (χ1v) is 9.11. The van der Waals surface area contributed by atoms with Gasteiger partial charge in [0, 0.05) is 37.3 Å². The van der Waals surface area contributed by atoms with Crippen LogP contribution < -0.4 is 5.32 Å². The Morgan fingerprint density at radius 3 is 2.43 bits per heavy atom. The van der Waals surface area contributed by atoms with E-state index in [0.717, 1.165) is 17.9 Å². The van der Waals surface area contributed by atoms with Crippen LogP contribution in [0.15, 0.2) is 0 Å². The Kier molecular flexibility index (Phi) is 5.72. The fourth-order valence-corrected chi connectivity index (χ4v) is 4.50. The lowest BCUT2D eigenvalue weighted by molar-refractivity contribution is -0.0233. The van der Waals surface area contributed by atoms with Gasteiger partial charge in [0.1, 0.15) is 0 Å². The first kappa shape index (κ1) is 17.2. The van der Waals surface area contributed by atoms with E-state index in [1.54, 1.807) is 0 Å². The first-order valence-electron chi connectivity index (χ1n) is 9.11. The van der Waals surface area contributed by atoms with Crippen LogP contribution in [0.1, 0.15) is 53.9 Å². The largest absolute Gasteiger partial charge is 0.308 e. The van der Waals surface area contributed by atoms with Crippen LogP contribution in [0.3, 0.4) is 0 Å². The van der Waals surface area contributed by atoms with Crippen molar-refractivity contribution in [3.05, 3.63) is 0 Å². The zero-order chi connectivity index (χ0) is 15.6. The van der Waals surface area contributed by atoms with Crippen molar-refractivity contribution in [1.29, 1.82) is 0 Å². The molecule has 2 aliphatic heterocycles. The fourth-order valence-electron chi connectivity index (χ4n) is 4.50. The minimum atomic E-state index is 0.342. The van der Waals surface area contributed by atoms with Crippen molar-refractivity contribution in [1.82, 2.24) is 15.1 Å². The molecule has 0 bridgehead atoms. The number of piperidine rings is 1. The average molecular weight is 296 g/mol. The van der Waals surface area contributed by atoms with Gasteiger partial charge in [-0.1, -0.05) is 34.6 Å². The van der Waals surface area contributed by atoms with E-state index in [9.17, 15) is 0 Å². The maximum Gasteiger partial charge on any atom is 0.0304 e. The first-order chi connectivity index (χ1) is 9.92. The lowest BCUT2D eigenvalue weighted by Crippen LogP contribution is -2.68. The van der Waals surface area contributed by atoms with Crippen LogP contribution in [0.4, 0.5) is 0 Å². The number of piperazine rings is 1. The summed E-state index contributed by atoms with van der Waals surface area (Å²) in [6.07, 6.45) is 3.82. The minimum absolute atomic E-state index is 0.342. The lowest BCUT2D eigenvalue weighted by Gasteiger charge is -2.54. The molecule has 2 saturated heterocycles. The molecule has 2 heterocycles. The summed E-state index contributed by atoms with van der Waals surface area (Å²) in [6, 6.07) is 1.47. The second-order valence-corrected chi connectivity index (χ2v) is 7.95. The molecule has 3 nitrogen and oxygen atoms in total. The van der Waals surface area contributed by atoms with Gasteiger partial charge >= 0.3 is 0 Å². The highest BCUT2D eigenvalue weighted by molar-refractivity contribution is 5.01. The van der Waals surface area contributed by atoms with Crippen molar-refractivity contribution in [3.63, 3.8) is 0 Å². The zero-order valence-electron chi connectivity index (χ0n) is 15.2. The maximum absolute atomic E-state index is 3.90. The molecule has 21 heavy (non-hydrogen) atoms. The number of hydrogen-bond donors (Lipinski definition) is 1. The van der Waals surface area contributed by atoms with Gasteiger partial charge in [-0.3, -0.25) is 4.90 Å². The van der Waals surface area contributed by atoms with Crippen LogP contribution in [-0.4, -0.2) is 60.6 Å². The molecule has 124 valence electrons. The van der Waals surface area contributed by atoms with Gasteiger partial charge < -0.3 is 10.2 Å². The molecule has 0 saturated carbocycles. The van der Waals surface area contributed by atoms with Crippen molar-refractivity contribution in [2.24, 2.45) is 11.8 Å². The van der Waals surface area contributed by atoms with Crippen molar-refractivity contribution in [2.75, 3.05) is 33.2 Å². The second kappa shape index (κ2) is 6.97. The van der Waals surface area contributed by atoms with E-state index in [1.165, 1.54) is 45.4 Å². The Balaban J connectivity index is 2.17. The smallest absolute Gasteiger partial charge is 0.0304 e. The molecule has 2 rings (SSSR count). The second-order valence-electron chi connectivity index (χ2n) is 7.95. The highest BCUT2D eigenvalue weighted by Crippen LogP contribution is 2.32. The summed E-state index contributed by atoms with van der Waals surface area (Å²) in [6.45, 7) is 16.9. The molecule has 0 radical (unpaired) electrons. The minimum Gasteiger partial charge on any atom is -0.308 e. The van der Waals surface area contributed by atoms with Gasteiger partial charge in [0.15, 0.2) is 0 Å². The van der Waals surface area contributed by atoms with Crippen LogP contribution in [0.25, 0.3) is 0 Å². The fraction of sp³-hybridized carbons (Fsp3) is 1.00. The van der Waals surface area contributed by atoms with E-state index in [1.807, 2.05) is 0 Å². The standard InChI is InChI=1S/C18H37N3/c1-7-18(8-2)13-21(17(11-19-18)14(3)4)16-9-10-20(6)12-15(16)5/h14-17,19H,7-13H2,1-6H3. The van der Waals surface area contributed by atoms with Crippen LogP contribution in [0, 0.1) is 11.8 Å². The van der Waals surface area contributed by atoms with Crippen molar-refractivity contribution < 1.29 is 0 Å². The summed E-state index contributed by atoms with van der Waals surface area (Å²) in [7, 11) is 2.27. The van der Waals surface area contributed by atoms with E-state index in [0.29, 0.717) is 11.6 Å². The molecule has 0 aromatic heterocycles. The van der Waals surface area contributed by atoms with Gasteiger partial charge in [0.25, 0.3) is 0 Å². The Hall–Kier alpha value is -0.120. The summed E-state index contributed by atoms with van der Waals surface area (Å²) in [5.41, 5.74) is 0.342. The molecule has 3 heteroatoms. The van der Waals surface area contributed by atoms with Crippen molar-refractivity contribution in [3.8, 4) is 0 Å². The highest BCUT2D eigenvalue weighted by Gasteiger charge is 2.42. The third-order valence-electron chi connectivity index (χ3n) is 6.21. The average Bonchev–Trinajstić information content (AvgIpc) is 2.46. The van der Waals surface area contributed by atoms with Gasteiger partial charge in [-0.05, 0) is 44.7 Å². The topological polar surface area (TPSA) is 18.5 Å². The number of nitrogens with zero attached hydrogens (tertiary/aromatic N) is 2. The Bertz CT molecular complexity index is 324. The summed E-state index contributed by atoms with van der Waals surface area (Å²) < 4.78 is 0. The van der Waals surface area contributed by atoms with Gasteiger partial charge in [-0.25, -0.2) is 0 Å². The summed E-state index contributed by atoms with van der Waals surface area (Å²) in [4.78, 5) is 5.40. The third-order valence-corrected chi connectivity index (χ3v) is 6.21. The molecule has 0 aromatic carbocycles. The zero-order valence-corrected chi connectivity index (χ0v) is 15.2. The molecule has 2 aliphatic rings. The highest BCUT2D eigenvalue weighted by atomic mass is 15.3. The molecule has 2 fully saturated rings. The van der Waals surface area contributed by atoms with Crippen LogP contribution in [-0.2, 0) is 0 Å². The van der Waals surface area contributed by atoms with Crippen LogP contribution >= 0.6 is 0 Å². The Morgan fingerprint density at radius 2 is 1.90 bits per heavy atom. The predicted molar refractivity (Wildman–Crippen MR) is 91.7 cm³/mol. The van der Waals surface area contributed by atoms with Crippen molar-refractivity contribution in [2.45, 2.75) is 71.5 Å². The molecule has 0 amide bonds. The monoisotopic (exact) mass is 295 g/mol. The van der Waals surface area contributed by atoms with Gasteiger partial charge in [0.2, 0.25) is 0 Å². The van der Waals surface area contributed by atoms with Crippen LogP contribution in [0.2, 0.25) is 0 Å². The Labute approximate surface area is 132 Å². The molecule has 3 atom stereocenters. The Morgan fingerprint density at radius 1 is 1.24 bits per heavy atom. The molecule has 3 unspecified atom stereocenters. The molecule has 0 aliphatic carbocycles. The van der Waals surface area contributed by atoms with Gasteiger partial charge in [0.05, 0.1) is 0 Å². The third kappa shape index (κ3) is 3.62.